The van der Waals surface area contributed by atoms with E-state index in [4.69, 9.17) is 5.73 Å². The third-order valence-electron chi connectivity index (χ3n) is 3.55. The van der Waals surface area contributed by atoms with Crippen LogP contribution in [0.2, 0.25) is 0 Å². The van der Waals surface area contributed by atoms with E-state index in [9.17, 15) is 9.90 Å². The van der Waals surface area contributed by atoms with Crippen molar-refractivity contribution >= 4 is 5.97 Å². The summed E-state index contributed by atoms with van der Waals surface area (Å²) in [5, 5.41) is 12.5. The van der Waals surface area contributed by atoms with Gasteiger partial charge in [-0.25, -0.2) is 0 Å². The molecule has 16 heavy (non-hydrogen) atoms. The van der Waals surface area contributed by atoms with Crippen molar-refractivity contribution in [1.29, 1.82) is 0 Å². The van der Waals surface area contributed by atoms with Gasteiger partial charge in [0.2, 0.25) is 0 Å². The van der Waals surface area contributed by atoms with Crippen LogP contribution in [0.4, 0.5) is 0 Å². The zero-order chi connectivity index (χ0) is 12.2. The second-order valence-corrected chi connectivity index (χ2v) is 5.09. The number of aliphatic carboxylic acids is 1. The Balaban J connectivity index is 2.63. The van der Waals surface area contributed by atoms with Crippen molar-refractivity contribution in [3.63, 3.8) is 0 Å². The maximum Gasteiger partial charge on any atom is 0.323 e. The molecule has 0 radical (unpaired) electrons. The zero-order valence-electron chi connectivity index (χ0n) is 10.3. The van der Waals surface area contributed by atoms with Crippen LogP contribution >= 0.6 is 0 Å². The van der Waals surface area contributed by atoms with Crippen LogP contribution in [0.3, 0.4) is 0 Å². The van der Waals surface area contributed by atoms with E-state index in [-0.39, 0.29) is 12.1 Å². The van der Waals surface area contributed by atoms with Gasteiger partial charge in [0.25, 0.3) is 0 Å². The smallest absolute Gasteiger partial charge is 0.323 e. The van der Waals surface area contributed by atoms with Crippen molar-refractivity contribution in [3.05, 3.63) is 0 Å². The second-order valence-electron chi connectivity index (χ2n) is 5.09. The molecule has 0 amide bonds. The van der Waals surface area contributed by atoms with Crippen molar-refractivity contribution in [3.8, 4) is 0 Å². The fraction of sp³-hybridized carbons (Fsp3) is 0.917. The molecule has 0 saturated heterocycles. The summed E-state index contributed by atoms with van der Waals surface area (Å²) in [6.07, 6.45) is 5.81. The van der Waals surface area contributed by atoms with Crippen LogP contribution < -0.4 is 11.1 Å². The average Bonchev–Trinajstić information content (AvgIpc) is 2.21. The first-order valence-electron chi connectivity index (χ1n) is 6.26. The lowest BCUT2D eigenvalue weighted by molar-refractivity contribution is -0.145. The van der Waals surface area contributed by atoms with Crippen LogP contribution in [0.15, 0.2) is 0 Å². The Bertz CT molecular complexity index is 245. The summed E-state index contributed by atoms with van der Waals surface area (Å²) >= 11 is 0. The molecular formula is C12H24N2O2. The van der Waals surface area contributed by atoms with E-state index < -0.39 is 11.5 Å². The predicted molar refractivity (Wildman–Crippen MR) is 64.3 cm³/mol. The van der Waals surface area contributed by atoms with E-state index in [0.717, 1.165) is 32.1 Å². The Kier molecular flexibility index (Phi) is 4.74. The molecule has 0 spiro atoms. The van der Waals surface area contributed by atoms with Crippen molar-refractivity contribution in [2.24, 2.45) is 5.73 Å². The molecule has 1 rings (SSSR count). The zero-order valence-corrected chi connectivity index (χ0v) is 10.3. The third-order valence-corrected chi connectivity index (χ3v) is 3.55. The maximum absolute atomic E-state index is 11.3. The van der Waals surface area contributed by atoms with Gasteiger partial charge in [0.1, 0.15) is 5.54 Å². The van der Waals surface area contributed by atoms with E-state index in [1.54, 1.807) is 6.92 Å². The average molecular weight is 228 g/mol. The van der Waals surface area contributed by atoms with Crippen LogP contribution in [-0.2, 0) is 4.79 Å². The molecule has 1 fully saturated rings. The second kappa shape index (κ2) is 5.64. The highest BCUT2D eigenvalue weighted by atomic mass is 16.4. The molecule has 1 saturated carbocycles. The molecular weight excluding hydrogens is 204 g/mol. The van der Waals surface area contributed by atoms with Crippen molar-refractivity contribution in [1.82, 2.24) is 5.32 Å². The number of hydrogen-bond acceptors (Lipinski definition) is 3. The van der Waals surface area contributed by atoms with Crippen LogP contribution in [0.5, 0.6) is 0 Å². The number of hydrogen-bond donors (Lipinski definition) is 3. The summed E-state index contributed by atoms with van der Waals surface area (Å²) in [4.78, 5) is 11.3. The van der Waals surface area contributed by atoms with E-state index in [2.05, 4.69) is 5.32 Å². The van der Waals surface area contributed by atoms with Gasteiger partial charge in [-0.1, -0.05) is 26.2 Å². The summed E-state index contributed by atoms with van der Waals surface area (Å²) in [5.41, 5.74) is 5.20. The molecule has 0 aromatic rings. The maximum atomic E-state index is 11.3. The summed E-state index contributed by atoms with van der Waals surface area (Å²) in [7, 11) is 0. The molecule has 3 unspecified atom stereocenters. The minimum absolute atomic E-state index is 0.101. The SMILES string of the molecule is CCCC(C)(NC1CCCCC1N)C(=O)O. The highest BCUT2D eigenvalue weighted by molar-refractivity contribution is 5.78. The van der Waals surface area contributed by atoms with Crippen LogP contribution in [0.1, 0.15) is 52.4 Å². The van der Waals surface area contributed by atoms with Gasteiger partial charge in [-0.2, -0.15) is 0 Å². The van der Waals surface area contributed by atoms with Crippen molar-refractivity contribution in [2.45, 2.75) is 70.0 Å². The monoisotopic (exact) mass is 228 g/mol. The Morgan fingerprint density at radius 1 is 1.50 bits per heavy atom. The summed E-state index contributed by atoms with van der Waals surface area (Å²) in [6.45, 7) is 3.77. The van der Waals surface area contributed by atoms with Crippen molar-refractivity contribution in [2.75, 3.05) is 0 Å². The van der Waals surface area contributed by atoms with Gasteiger partial charge in [-0.3, -0.25) is 10.1 Å². The molecule has 0 aliphatic heterocycles. The lowest BCUT2D eigenvalue weighted by atomic mass is 9.87. The van der Waals surface area contributed by atoms with Gasteiger partial charge >= 0.3 is 5.97 Å². The number of nitrogens with one attached hydrogen (secondary N) is 1. The molecule has 0 aromatic heterocycles. The highest BCUT2D eigenvalue weighted by Crippen LogP contribution is 2.21. The summed E-state index contributed by atoms with van der Waals surface area (Å²) in [6, 6.07) is 0.255. The lowest BCUT2D eigenvalue weighted by Gasteiger charge is -2.36. The van der Waals surface area contributed by atoms with Crippen LogP contribution in [0, 0.1) is 0 Å². The topological polar surface area (TPSA) is 75.3 Å². The minimum atomic E-state index is -0.825. The Labute approximate surface area is 97.6 Å². The molecule has 0 aromatic carbocycles. The molecule has 4 N–H and O–H groups in total. The van der Waals surface area contributed by atoms with Crippen LogP contribution in [-0.4, -0.2) is 28.7 Å². The molecule has 1 aliphatic rings. The molecule has 3 atom stereocenters. The first-order valence-corrected chi connectivity index (χ1v) is 6.26. The third kappa shape index (κ3) is 3.19. The molecule has 4 heteroatoms. The number of rotatable bonds is 5. The normalized spacial score (nSPS) is 29.7. The van der Waals surface area contributed by atoms with Gasteiger partial charge in [0.15, 0.2) is 0 Å². The number of carboxylic acid groups (broad SMARTS) is 1. The molecule has 94 valence electrons. The standard InChI is InChI=1S/C12H24N2O2/c1-3-8-12(2,11(15)16)14-10-7-5-4-6-9(10)13/h9-10,14H,3-8,13H2,1-2H3,(H,15,16). The van der Waals surface area contributed by atoms with Crippen LogP contribution in [0.25, 0.3) is 0 Å². The van der Waals surface area contributed by atoms with E-state index in [0.29, 0.717) is 6.42 Å². The van der Waals surface area contributed by atoms with Gasteiger partial charge in [-0.05, 0) is 26.2 Å². The van der Waals surface area contributed by atoms with Gasteiger partial charge < -0.3 is 10.8 Å². The first-order chi connectivity index (χ1) is 7.49. The molecule has 4 nitrogen and oxygen atoms in total. The Hall–Kier alpha value is -0.610. The molecule has 1 aliphatic carbocycles. The fourth-order valence-electron chi connectivity index (χ4n) is 2.49. The van der Waals surface area contributed by atoms with E-state index in [1.807, 2.05) is 6.92 Å². The quantitative estimate of drug-likeness (QED) is 0.666. The van der Waals surface area contributed by atoms with E-state index >= 15 is 0 Å². The lowest BCUT2D eigenvalue weighted by Crippen LogP contribution is -2.59. The van der Waals surface area contributed by atoms with Gasteiger partial charge in [-0.15, -0.1) is 0 Å². The number of nitrogens with two attached hydrogens (primary N) is 1. The predicted octanol–water partition coefficient (Wildman–Crippen LogP) is 1.49. The van der Waals surface area contributed by atoms with Gasteiger partial charge in [0.05, 0.1) is 0 Å². The minimum Gasteiger partial charge on any atom is -0.480 e. The number of carboxylic acids is 1. The summed E-state index contributed by atoms with van der Waals surface area (Å²) in [5.74, 6) is -0.771. The Morgan fingerprint density at radius 3 is 2.62 bits per heavy atom. The Morgan fingerprint density at radius 2 is 2.12 bits per heavy atom. The highest BCUT2D eigenvalue weighted by Gasteiger charge is 2.36. The molecule has 0 heterocycles. The van der Waals surface area contributed by atoms with Crippen molar-refractivity contribution < 1.29 is 9.90 Å². The summed E-state index contributed by atoms with van der Waals surface area (Å²) < 4.78 is 0. The fourth-order valence-corrected chi connectivity index (χ4v) is 2.49. The van der Waals surface area contributed by atoms with Gasteiger partial charge in [0, 0.05) is 12.1 Å². The van der Waals surface area contributed by atoms with E-state index in [1.165, 1.54) is 0 Å². The number of carbonyl (C=O) groups is 1. The first kappa shape index (κ1) is 13.5. The molecule has 0 bridgehead atoms. The largest absolute Gasteiger partial charge is 0.480 e.